The van der Waals surface area contributed by atoms with Gasteiger partial charge in [-0.1, -0.05) is 56.4 Å². The van der Waals surface area contributed by atoms with Gasteiger partial charge in [0.15, 0.2) is 0 Å². The maximum atomic E-state index is 14.2. The fourth-order valence-corrected chi connectivity index (χ4v) is 4.28. The molecular weight excluding hydrogens is 528 g/mol. The number of benzene rings is 1. The number of esters is 1. The minimum absolute atomic E-state index is 0.0803. The summed E-state index contributed by atoms with van der Waals surface area (Å²) < 4.78 is 10.0. The van der Waals surface area contributed by atoms with Crippen molar-refractivity contribution in [3.05, 3.63) is 34.9 Å². The van der Waals surface area contributed by atoms with Gasteiger partial charge in [-0.25, -0.2) is 4.79 Å². The van der Waals surface area contributed by atoms with Gasteiger partial charge in [0, 0.05) is 13.0 Å². The van der Waals surface area contributed by atoms with Crippen LogP contribution in [-0.2, 0) is 28.7 Å². The molecule has 41 heavy (non-hydrogen) atoms. The van der Waals surface area contributed by atoms with Crippen molar-refractivity contribution in [2.75, 3.05) is 20.2 Å². The number of hydrogen-bond donors (Lipinski definition) is 3. The Morgan fingerprint density at radius 2 is 1.68 bits per heavy atom. The van der Waals surface area contributed by atoms with Gasteiger partial charge < -0.3 is 30.7 Å². The molecule has 0 radical (unpaired) electrons. The molecule has 1 aromatic rings. The van der Waals surface area contributed by atoms with Crippen LogP contribution in [0, 0.1) is 13.8 Å². The molecule has 1 rings (SSSR count). The molecule has 0 spiro atoms. The number of nitrogens with two attached hydrogens (primary N) is 1. The molecule has 230 valence electrons. The van der Waals surface area contributed by atoms with E-state index < -0.39 is 47.5 Å². The summed E-state index contributed by atoms with van der Waals surface area (Å²) in [6, 6.07) is 3.29. The van der Waals surface area contributed by atoms with Crippen molar-refractivity contribution in [3.63, 3.8) is 0 Å². The van der Waals surface area contributed by atoms with Crippen molar-refractivity contribution >= 4 is 29.8 Å². The number of ether oxygens (including phenoxy) is 2. The predicted octanol–water partition coefficient (Wildman–Crippen LogP) is 3.59. The van der Waals surface area contributed by atoms with Crippen molar-refractivity contribution in [2.45, 2.75) is 104 Å². The van der Waals surface area contributed by atoms with Crippen LogP contribution in [0.15, 0.2) is 18.2 Å². The summed E-state index contributed by atoms with van der Waals surface area (Å²) in [7, 11) is 1.22. The average Bonchev–Trinajstić information content (AvgIpc) is 2.88. The van der Waals surface area contributed by atoms with Gasteiger partial charge in [0.05, 0.1) is 7.11 Å². The summed E-state index contributed by atoms with van der Waals surface area (Å²) in [5, 5.41) is 5.18. The quantitative estimate of drug-likeness (QED) is 0.200. The van der Waals surface area contributed by atoms with Gasteiger partial charge in [0.25, 0.3) is 0 Å². The molecule has 0 fully saturated rings. The summed E-state index contributed by atoms with van der Waals surface area (Å²) in [6.07, 6.45) is 3.39. The van der Waals surface area contributed by atoms with E-state index in [0.29, 0.717) is 12.0 Å². The predicted molar refractivity (Wildman–Crippen MR) is 156 cm³/mol. The average molecular weight is 577 g/mol. The molecule has 4 amide bonds. The first-order valence-corrected chi connectivity index (χ1v) is 14.2. The van der Waals surface area contributed by atoms with Gasteiger partial charge in [0.2, 0.25) is 17.7 Å². The van der Waals surface area contributed by atoms with Crippen LogP contribution in [0.25, 0.3) is 0 Å². The number of alkyl carbamates (subject to hydrolysis) is 1. The van der Waals surface area contributed by atoms with E-state index >= 15 is 0 Å². The summed E-state index contributed by atoms with van der Waals surface area (Å²) in [5.74, 6) is -2.41. The number of nitrogens with one attached hydrogen (secondary N) is 2. The van der Waals surface area contributed by atoms with Crippen LogP contribution in [0.3, 0.4) is 0 Å². The zero-order valence-electron chi connectivity index (χ0n) is 25.6. The van der Waals surface area contributed by atoms with E-state index in [1.54, 1.807) is 20.8 Å². The SMILES string of the molecule is CCCCCCCN(C(=O)C(CCC(N)=O)NC(=O)OC(C)(C)C)C(C(=O)NCC(=O)OC)c1cc(C)ccc1C. The molecule has 0 heterocycles. The Morgan fingerprint density at radius 1 is 1.02 bits per heavy atom. The van der Waals surface area contributed by atoms with Crippen LogP contribution >= 0.6 is 0 Å². The van der Waals surface area contributed by atoms with Gasteiger partial charge >= 0.3 is 12.1 Å². The summed E-state index contributed by atoms with van der Waals surface area (Å²) in [6.45, 7) is 10.7. The van der Waals surface area contributed by atoms with Crippen LogP contribution < -0.4 is 16.4 Å². The van der Waals surface area contributed by atoms with Gasteiger partial charge in [0.1, 0.15) is 24.2 Å². The number of hydrogen-bond acceptors (Lipinski definition) is 7. The van der Waals surface area contributed by atoms with Crippen molar-refractivity contribution < 1.29 is 33.4 Å². The van der Waals surface area contributed by atoms with Crippen LogP contribution in [0.5, 0.6) is 0 Å². The molecular formula is C30H48N4O7. The molecule has 2 atom stereocenters. The van der Waals surface area contributed by atoms with E-state index in [9.17, 15) is 24.0 Å². The number of carbonyl (C=O) groups is 5. The molecule has 11 heteroatoms. The van der Waals surface area contributed by atoms with Gasteiger partial charge in [-0.3, -0.25) is 19.2 Å². The number of rotatable bonds is 16. The zero-order valence-corrected chi connectivity index (χ0v) is 25.6. The summed E-state index contributed by atoms with van der Waals surface area (Å²) in [4.78, 5) is 65.5. The molecule has 0 aliphatic heterocycles. The van der Waals surface area contributed by atoms with Gasteiger partial charge in [-0.05, 0) is 58.6 Å². The molecule has 0 bridgehead atoms. The van der Waals surface area contributed by atoms with E-state index in [-0.39, 0.29) is 25.9 Å². The third-order valence-electron chi connectivity index (χ3n) is 6.38. The molecule has 11 nitrogen and oxygen atoms in total. The first-order chi connectivity index (χ1) is 19.2. The molecule has 1 aromatic carbocycles. The minimum Gasteiger partial charge on any atom is -0.468 e. The highest BCUT2D eigenvalue weighted by atomic mass is 16.6. The Hall–Kier alpha value is -3.63. The van der Waals surface area contributed by atoms with E-state index in [1.807, 2.05) is 32.0 Å². The summed E-state index contributed by atoms with van der Waals surface area (Å²) in [5.41, 5.74) is 6.79. The second kappa shape index (κ2) is 17.2. The Bertz CT molecular complexity index is 1050. The van der Waals surface area contributed by atoms with Crippen LogP contribution in [-0.4, -0.2) is 66.5 Å². The highest BCUT2D eigenvalue weighted by Crippen LogP contribution is 2.28. The minimum atomic E-state index is -1.19. The second-order valence-electron chi connectivity index (χ2n) is 11.2. The zero-order chi connectivity index (χ0) is 31.2. The van der Waals surface area contributed by atoms with E-state index in [1.165, 1.54) is 12.0 Å². The van der Waals surface area contributed by atoms with Gasteiger partial charge in [-0.2, -0.15) is 0 Å². The van der Waals surface area contributed by atoms with Crippen molar-refractivity contribution in [1.29, 1.82) is 0 Å². The number of aryl methyl sites for hydroxylation is 2. The molecule has 0 aliphatic carbocycles. The van der Waals surface area contributed by atoms with E-state index in [2.05, 4.69) is 22.3 Å². The van der Waals surface area contributed by atoms with E-state index in [0.717, 1.165) is 36.8 Å². The maximum Gasteiger partial charge on any atom is 0.408 e. The number of nitrogens with zero attached hydrogens (tertiary/aromatic N) is 1. The normalized spacial score (nSPS) is 12.6. The van der Waals surface area contributed by atoms with Crippen LogP contribution in [0.2, 0.25) is 0 Å². The second-order valence-corrected chi connectivity index (χ2v) is 11.2. The van der Waals surface area contributed by atoms with Crippen LogP contribution in [0.1, 0.15) is 95.4 Å². The Balaban J connectivity index is 3.58. The molecule has 0 aromatic heterocycles. The number of carbonyl (C=O) groups excluding carboxylic acids is 5. The van der Waals surface area contributed by atoms with Gasteiger partial charge in [-0.15, -0.1) is 0 Å². The number of amides is 4. The largest absolute Gasteiger partial charge is 0.468 e. The lowest BCUT2D eigenvalue weighted by Gasteiger charge is -2.35. The smallest absolute Gasteiger partial charge is 0.408 e. The van der Waals surface area contributed by atoms with E-state index in [4.69, 9.17) is 10.5 Å². The topological polar surface area (TPSA) is 157 Å². The monoisotopic (exact) mass is 576 g/mol. The van der Waals surface area contributed by atoms with Crippen molar-refractivity contribution in [1.82, 2.24) is 15.5 Å². The molecule has 4 N–H and O–H groups in total. The molecule has 0 saturated heterocycles. The fraction of sp³-hybridized carbons (Fsp3) is 0.633. The first-order valence-electron chi connectivity index (χ1n) is 14.2. The molecule has 0 aliphatic rings. The fourth-order valence-electron chi connectivity index (χ4n) is 4.28. The lowest BCUT2D eigenvalue weighted by atomic mass is 9.95. The molecule has 2 unspecified atom stereocenters. The third-order valence-corrected chi connectivity index (χ3v) is 6.38. The lowest BCUT2D eigenvalue weighted by Crippen LogP contribution is -2.53. The maximum absolute atomic E-state index is 14.2. The highest BCUT2D eigenvalue weighted by Gasteiger charge is 2.37. The Morgan fingerprint density at radius 3 is 2.27 bits per heavy atom. The molecule has 0 saturated carbocycles. The number of primary amides is 1. The number of unbranched alkanes of at least 4 members (excludes halogenated alkanes) is 4. The van der Waals surface area contributed by atoms with Crippen LogP contribution in [0.4, 0.5) is 4.79 Å². The summed E-state index contributed by atoms with van der Waals surface area (Å²) >= 11 is 0. The lowest BCUT2D eigenvalue weighted by molar-refractivity contribution is -0.145. The van der Waals surface area contributed by atoms with Crippen molar-refractivity contribution in [3.8, 4) is 0 Å². The number of methoxy groups -OCH3 is 1. The Kier molecular flexibility index (Phi) is 14.9. The first kappa shape index (κ1) is 35.4. The Labute approximate surface area is 243 Å². The van der Waals surface area contributed by atoms with Crippen molar-refractivity contribution in [2.24, 2.45) is 5.73 Å². The highest BCUT2D eigenvalue weighted by molar-refractivity contribution is 5.93. The standard InChI is InChI=1S/C30H48N4O7/c1-8-9-10-11-12-17-34(28(38)23(15-16-24(31)35)33-29(39)41-30(4,5)6)26(27(37)32-19-25(36)40-7)22-18-20(2)13-14-21(22)3/h13-14,18,23,26H,8-12,15-17,19H2,1-7H3,(H2,31,35)(H,32,37)(H,33,39). The third kappa shape index (κ3) is 13.1.